The lowest BCUT2D eigenvalue weighted by Gasteiger charge is -2.36. The third-order valence-electron chi connectivity index (χ3n) is 3.82. The maximum absolute atomic E-state index is 13.1. The van der Waals surface area contributed by atoms with Crippen molar-refractivity contribution in [1.82, 2.24) is 14.9 Å². The Kier molecular flexibility index (Phi) is 5.22. The fraction of sp³-hybridized carbons (Fsp3) is 0.312. The molecular weight excluding hydrogens is 333 g/mol. The molecule has 24 heavy (non-hydrogen) atoms. The number of carbonyl (C=O) groups is 1. The standard InChI is InChI=1S/C16H17ClFN5O/c17-13-9-12(18)1-2-14(13)23-7-5-22(6-8-23)11-16(24)21-15-10-19-3-4-20-15/h1-4,9-10H,5-8,11H2,(H,20,21,24). The molecule has 126 valence electrons. The number of halogens is 2. The van der Waals surface area contributed by atoms with Gasteiger partial charge >= 0.3 is 0 Å². The van der Waals surface area contributed by atoms with E-state index in [1.54, 1.807) is 12.3 Å². The summed E-state index contributed by atoms with van der Waals surface area (Å²) in [4.78, 5) is 24.1. The van der Waals surface area contributed by atoms with Crippen LogP contribution in [-0.4, -0.2) is 53.5 Å². The highest BCUT2D eigenvalue weighted by molar-refractivity contribution is 6.33. The third-order valence-corrected chi connectivity index (χ3v) is 4.12. The number of carbonyl (C=O) groups excluding carboxylic acids is 1. The first kappa shape index (κ1) is 16.6. The van der Waals surface area contributed by atoms with E-state index in [1.807, 2.05) is 0 Å². The van der Waals surface area contributed by atoms with Crippen LogP contribution in [0.25, 0.3) is 0 Å². The Labute approximate surface area is 144 Å². The molecule has 2 aromatic rings. The second-order valence-corrected chi connectivity index (χ2v) is 5.90. The van der Waals surface area contributed by atoms with Crippen molar-refractivity contribution >= 4 is 29.0 Å². The Hall–Kier alpha value is -2.25. The zero-order chi connectivity index (χ0) is 16.9. The second kappa shape index (κ2) is 7.55. The summed E-state index contributed by atoms with van der Waals surface area (Å²) in [6, 6.07) is 4.41. The topological polar surface area (TPSA) is 61.4 Å². The van der Waals surface area contributed by atoms with Crippen molar-refractivity contribution < 1.29 is 9.18 Å². The van der Waals surface area contributed by atoms with Gasteiger partial charge < -0.3 is 10.2 Å². The molecule has 0 aliphatic carbocycles. The first-order valence-electron chi connectivity index (χ1n) is 7.60. The SMILES string of the molecule is O=C(CN1CCN(c2ccc(F)cc2Cl)CC1)Nc1cnccn1. The number of nitrogens with one attached hydrogen (secondary N) is 1. The summed E-state index contributed by atoms with van der Waals surface area (Å²) < 4.78 is 13.1. The van der Waals surface area contributed by atoms with E-state index in [4.69, 9.17) is 11.6 Å². The van der Waals surface area contributed by atoms with Gasteiger partial charge in [0.05, 0.1) is 23.5 Å². The first-order chi connectivity index (χ1) is 11.6. The molecule has 0 atom stereocenters. The number of benzene rings is 1. The van der Waals surface area contributed by atoms with Crippen LogP contribution < -0.4 is 10.2 Å². The molecule has 1 N–H and O–H groups in total. The molecule has 0 spiro atoms. The fourth-order valence-corrected chi connectivity index (χ4v) is 2.92. The summed E-state index contributed by atoms with van der Waals surface area (Å²) in [6.07, 6.45) is 4.59. The van der Waals surface area contributed by atoms with E-state index >= 15 is 0 Å². The normalized spacial score (nSPS) is 15.3. The fourth-order valence-electron chi connectivity index (χ4n) is 2.63. The number of amides is 1. The van der Waals surface area contributed by atoms with Gasteiger partial charge in [-0.05, 0) is 18.2 Å². The van der Waals surface area contributed by atoms with Gasteiger partial charge in [0.2, 0.25) is 5.91 Å². The van der Waals surface area contributed by atoms with E-state index in [0.717, 1.165) is 31.9 Å². The summed E-state index contributed by atoms with van der Waals surface area (Å²) in [5.41, 5.74) is 0.821. The number of anilines is 2. The van der Waals surface area contributed by atoms with E-state index in [2.05, 4.69) is 25.1 Å². The minimum absolute atomic E-state index is 0.122. The Morgan fingerprint density at radius 1 is 1.25 bits per heavy atom. The highest BCUT2D eigenvalue weighted by Crippen LogP contribution is 2.27. The van der Waals surface area contributed by atoms with Crippen LogP contribution in [0.2, 0.25) is 5.02 Å². The van der Waals surface area contributed by atoms with E-state index in [1.165, 1.54) is 24.5 Å². The monoisotopic (exact) mass is 349 g/mol. The molecular formula is C16H17ClFN5O. The maximum atomic E-state index is 13.1. The van der Waals surface area contributed by atoms with Crippen LogP contribution in [0.15, 0.2) is 36.8 Å². The highest BCUT2D eigenvalue weighted by atomic mass is 35.5. The molecule has 1 aromatic heterocycles. The van der Waals surface area contributed by atoms with Crippen LogP contribution in [0, 0.1) is 5.82 Å². The molecule has 3 rings (SSSR count). The van der Waals surface area contributed by atoms with Crippen molar-refractivity contribution in [2.75, 3.05) is 42.9 Å². The Morgan fingerprint density at radius 2 is 2.04 bits per heavy atom. The van der Waals surface area contributed by atoms with Crippen molar-refractivity contribution in [3.05, 3.63) is 47.6 Å². The van der Waals surface area contributed by atoms with Crippen molar-refractivity contribution in [1.29, 1.82) is 0 Å². The molecule has 1 amide bonds. The van der Waals surface area contributed by atoms with E-state index < -0.39 is 0 Å². The van der Waals surface area contributed by atoms with Crippen LogP contribution >= 0.6 is 11.6 Å². The maximum Gasteiger partial charge on any atom is 0.239 e. The zero-order valence-electron chi connectivity index (χ0n) is 13.0. The van der Waals surface area contributed by atoms with Crippen LogP contribution in [0.5, 0.6) is 0 Å². The lowest BCUT2D eigenvalue weighted by Crippen LogP contribution is -2.48. The van der Waals surface area contributed by atoms with Crippen LogP contribution in [-0.2, 0) is 4.79 Å². The predicted octanol–water partition coefficient (Wildman–Crippen LogP) is 2.03. The number of hydrogen-bond donors (Lipinski definition) is 1. The lowest BCUT2D eigenvalue weighted by atomic mass is 10.2. The first-order valence-corrected chi connectivity index (χ1v) is 7.98. The summed E-state index contributed by atoms with van der Waals surface area (Å²) >= 11 is 6.10. The Morgan fingerprint density at radius 3 is 2.71 bits per heavy atom. The van der Waals surface area contributed by atoms with E-state index in [0.29, 0.717) is 17.4 Å². The molecule has 1 aliphatic rings. The minimum Gasteiger partial charge on any atom is -0.368 e. The smallest absolute Gasteiger partial charge is 0.239 e. The van der Waals surface area contributed by atoms with Crippen LogP contribution in [0.4, 0.5) is 15.9 Å². The van der Waals surface area contributed by atoms with Gasteiger partial charge in [0.1, 0.15) is 5.82 Å². The number of aromatic nitrogens is 2. The number of rotatable bonds is 4. The van der Waals surface area contributed by atoms with E-state index in [9.17, 15) is 9.18 Å². The average Bonchev–Trinajstić information content (AvgIpc) is 2.57. The lowest BCUT2D eigenvalue weighted by molar-refractivity contribution is -0.117. The molecule has 1 fully saturated rings. The van der Waals surface area contributed by atoms with Crippen molar-refractivity contribution in [2.45, 2.75) is 0 Å². The molecule has 2 heterocycles. The Bertz CT molecular complexity index is 707. The highest BCUT2D eigenvalue weighted by Gasteiger charge is 2.20. The molecule has 6 nitrogen and oxygen atoms in total. The molecule has 0 bridgehead atoms. The number of hydrogen-bond acceptors (Lipinski definition) is 5. The summed E-state index contributed by atoms with van der Waals surface area (Å²) in [6.45, 7) is 3.19. The second-order valence-electron chi connectivity index (χ2n) is 5.50. The quantitative estimate of drug-likeness (QED) is 0.915. The predicted molar refractivity (Wildman–Crippen MR) is 90.7 cm³/mol. The molecule has 1 saturated heterocycles. The van der Waals surface area contributed by atoms with Gasteiger partial charge in [-0.2, -0.15) is 0 Å². The Balaban J connectivity index is 1.51. The average molecular weight is 350 g/mol. The molecule has 8 heteroatoms. The summed E-state index contributed by atoms with van der Waals surface area (Å²) in [5.74, 6) is -0.0222. The van der Waals surface area contributed by atoms with E-state index in [-0.39, 0.29) is 11.7 Å². The number of piperazine rings is 1. The van der Waals surface area contributed by atoms with Gasteiger partial charge in [-0.1, -0.05) is 11.6 Å². The molecule has 0 radical (unpaired) electrons. The van der Waals surface area contributed by atoms with Gasteiger partial charge in [0.25, 0.3) is 0 Å². The molecule has 0 saturated carbocycles. The summed E-state index contributed by atoms with van der Waals surface area (Å²) in [5, 5.41) is 3.12. The van der Waals surface area contributed by atoms with Gasteiger partial charge in [0, 0.05) is 38.6 Å². The van der Waals surface area contributed by atoms with Crippen molar-refractivity contribution in [3.63, 3.8) is 0 Å². The zero-order valence-corrected chi connectivity index (χ0v) is 13.7. The van der Waals surface area contributed by atoms with Gasteiger partial charge in [-0.3, -0.25) is 14.7 Å². The van der Waals surface area contributed by atoms with Crippen LogP contribution in [0.3, 0.4) is 0 Å². The van der Waals surface area contributed by atoms with Gasteiger partial charge in [-0.15, -0.1) is 0 Å². The minimum atomic E-state index is -0.344. The third kappa shape index (κ3) is 4.18. The summed E-state index contributed by atoms with van der Waals surface area (Å²) in [7, 11) is 0. The van der Waals surface area contributed by atoms with Crippen molar-refractivity contribution in [3.8, 4) is 0 Å². The molecule has 0 unspecified atom stereocenters. The molecule has 1 aromatic carbocycles. The van der Waals surface area contributed by atoms with Gasteiger partial charge in [-0.25, -0.2) is 9.37 Å². The van der Waals surface area contributed by atoms with Crippen molar-refractivity contribution in [2.24, 2.45) is 0 Å². The number of nitrogens with zero attached hydrogens (tertiary/aromatic N) is 4. The molecule has 1 aliphatic heterocycles. The van der Waals surface area contributed by atoms with Crippen LogP contribution in [0.1, 0.15) is 0 Å². The van der Waals surface area contributed by atoms with Gasteiger partial charge in [0.15, 0.2) is 5.82 Å². The largest absolute Gasteiger partial charge is 0.368 e.